The highest BCUT2D eigenvalue weighted by molar-refractivity contribution is 6.34. The van der Waals surface area contributed by atoms with E-state index < -0.39 is 0 Å². The molecule has 0 unspecified atom stereocenters. The van der Waals surface area contributed by atoms with Crippen LogP contribution in [0.5, 0.6) is 0 Å². The van der Waals surface area contributed by atoms with Gasteiger partial charge in [-0.3, -0.25) is 9.59 Å². The summed E-state index contributed by atoms with van der Waals surface area (Å²) < 4.78 is 0. The van der Waals surface area contributed by atoms with Crippen LogP contribution in [0.25, 0.3) is 0 Å². The van der Waals surface area contributed by atoms with Gasteiger partial charge in [-0.05, 0) is 55.2 Å². The molecule has 0 saturated carbocycles. The van der Waals surface area contributed by atoms with E-state index in [1.807, 2.05) is 38.1 Å². The van der Waals surface area contributed by atoms with Crippen molar-refractivity contribution in [2.75, 3.05) is 19.4 Å². The zero-order valence-corrected chi connectivity index (χ0v) is 15.8. The molecule has 2 rings (SSSR count). The van der Waals surface area contributed by atoms with Gasteiger partial charge in [-0.1, -0.05) is 29.8 Å². The molecule has 0 spiro atoms. The Labute approximate surface area is 153 Å². The highest BCUT2D eigenvalue weighted by atomic mass is 35.5. The summed E-state index contributed by atoms with van der Waals surface area (Å²) in [4.78, 5) is 25.6. The van der Waals surface area contributed by atoms with Crippen LogP contribution in [0.15, 0.2) is 36.4 Å². The Balaban J connectivity index is 1.95. The van der Waals surface area contributed by atoms with Gasteiger partial charge < -0.3 is 10.2 Å². The van der Waals surface area contributed by atoms with Gasteiger partial charge in [0.25, 0.3) is 5.91 Å². The second-order valence-electron chi connectivity index (χ2n) is 6.38. The highest BCUT2D eigenvalue weighted by Crippen LogP contribution is 2.27. The van der Waals surface area contributed by atoms with Gasteiger partial charge in [0.2, 0.25) is 5.91 Å². The zero-order chi connectivity index (χ0) is 18.6. The van der Waals surface area contributed by atoms with Crippen LogP contribution in [0.4, 0.5) is 5.69 Å². The molecule has 0 saturated heterocycles. The summed E-state index contributed by atoms with van der Waals surface area (Å²) in [7, 11) is 3.44. The molecule has 0 heterocycles. The molecule has 0 aliphatic heterocycles. The molecule has 132 valence electrons. The van der Waals surface area contributed by atoms with E-state index in [1.165, 1.54) is 4.90 Å². The number of halogens is 1. The van der Waals surface area contributed by atoms with Crippen molar-refractivity contribution in [1.29, 1.82) is 0 Å². The third-order valence-electron chi connectivity index (χ3n) is 3.94. The molecule has 0 fully saturated rings. The summed E-state index contributed by atoms with van der Waals surface area (Å²) in [6.07, 6.45) is 0.954. The van der Waals surface area contributed by atoms with Crippen LogP contribution in [0.1, 0.15) is 33.5 Å². The summed E-state index contributed by atoms with van der Waals surface area (Å²) in [6, 6.07) is 11.2. The maximum atomic E-state index is 12.2. The van der Waals surface area contributed by atoms with E-state index in [9.17, 15) is 9.59 Å². The molecule has 2 aromatic rings. The average molecular weight is 359 g/mol. The van der Waals surface area contributed by atoms with Crippen LogP contribution in [-0.4, -0.2) is 30.8 Å². The lowest BCUT2D eigenvalue weighted by atomic mass is 10.1. The number of hydrogen-bond acceptors (Lipinski definition) is 2. The number of carbonyl (C=O) groups is 2. The van der Waals surface area contributed by atoms with E-state index in [-0.39, 0.29) is 11.8 Å². The van der Waals surface area contributed by atoms with Crippen LogP contribution in [0, 0.1) is 13.8 Å². The van der Waals surface area contributed by atoms with Crippen molar-refractivity contribution in [3.05, 3.63) is 63.7 Å². The minimum absolute atomic E-state index is 0.0335. The van der Waals surface area contributed by atoms with Crippen LogP contribution in [-0.2, 0) is 11.2 Å². The van der Waals surface area contributed by atoms with Crippen LogP contribution >= 0.6 is 11.6 Å². The number of hydrogen-bond donors (Lipinski definition) is 1. The molecule has 0 atom stereocenters. The Hall–Kier alpha value is -2.33. The second-order valence-corrected chi connectivity index (χ2v) is 6.79. The molecule has 0 aliphatic rings. The van der Waals surface area contributed by atoms with Gasteiger partial charge in [0.05, 0.1) is 10.7 Å². The smallest absolute Gasteiger partial charge is 0.253 e. The minimum atomic E-state index is -0.0812. The van der Waals surface area contributed by atoms with Crippen molar-refractivity contribution in [2.24, 2.45) is 0 Å². The first-order valence-electron chi connectivity index (χ1n) is 8.15. The van der Waals surface area contributed by atoms with Crippen molar-refractivity contribution in [2.45, 2.75) is 26.7 Å². The summed E-state index contributed by atoms with van der Waals surface area (Å²) in [5, 5.41) is 3.44. The molecule has 0 radical (unpaired) electrons. The fourth-order valence-corrected chi connectivity index (χ4v) is 2.97. The first kappa shape index (κ1) is 19.0. The molecule has 0 bridgehead atoms. The molecular weight excluding hydrogens is 336 g/mol. The summed E-state index contributed by atoms with van der Waals surface area (Å²) >= 11 is 6.22. The van der Waals surface area contributed by atoms with E-state index in [1.54, 1.807) is 26.2 Å². The maximum absolute atomic E-state index is 12.2. The number of nitrogens with one attached hydrogen (secondary N) is 1. The normalized spacial score (nSPS) is 10.4. The summed E-state index contributed by atoms with van der Waals surface area (Å²) in [5.74, 6) is -0.115. The lowest BCUT2D eigenvalue weighted by Crippen LogP contribution is -2.21. The molecule has 1 N–H and O–H groups in total. The predicted octanol–water partition coefficient (Wildman–Crippen LogP) is 4.23. The Morgan fingerprint density at radius 3 is 2.28 bits per heavy atom. The van der Waals surface area contributed by atoms with Gasteiger partial charge in [-0.25, -0.2) is 0 Å². The molecule has 2 aromatic carbocycles. The largest absolute Gasteiger partial charge is 0.345 e. The third kappa shape index (κ3) is 5.07. The third-order valence-corrected chi connectivity index (χ3v) is 4.24. The second kappa shape index (κ2) is 8.17. The fraction of sp³-hybridized carbons (Fsp3) is 0.300. The number of aryl methyl sites for hydroxylation is 3. The molecule has 5 heteroatoms. The van der Waals surface area contributed by atoms with Crippen LogP contribution in [0.3, 0.4) is 0 Å². The fourth-order valence-electron chi connectivity index (χ4n) is 2.61. The van der Waals surface area contributed by atoms with Crippen molar-refractivity contribution < 1.29 is 9.59 Å². The predicted molar refractivity (Wildman–Crippen MR) is 102 cm³/mol. The number of benzene rings is 2. The topological polar surface area (TPSA) is 49.4 Å². The van der Waals surface area contributed by atoms with E-state index in [0.29, 0.717) is 29.1 Å². The van der Waals surface area contributed by atoms with E-state index in [2.05, 4.69) is 5.32 Å². The SMILES string of the molecule is Cc1cc(C)c(NC(=O)CCc2ccc(C(=O)N(C)C)cc2)c(Cl)c1. The number of rotatable bonds is 5. The first-order valence-corrected chi connectivity index (χ1v) is 8.53. The summed E-state index contributed by atoms with van der Waals surface area (Å²) in [6.45, 7) is 3.89. The number of anilines is 1. The van der Waals surface area contributed by atoms with Gasteiger partial charge >= 0.3 is 0 Å². The highest BCUT2D eigenvalue weighted by Gasteiger charge is 2.11. The lowest BCUT2D eigenvalue weighted by molar-refractivity contribution is -0.116. The standard InChI is InChI=1S/C20H23ClN2O2/c1-13-11-14(2)19(17(21)12-13)22-18(24)10-7-15-5-8-16(9-6-15)20(25)23(3)4/h5-6,8-9,11-12H,7,10H2,1-4H3,(H,22,24). The quantitative estimate of drug-likeness (QED) is 0.869. The lowest BCUT2D eigenvalue weighted by Gasteiger charge is -2.12. The monoisotopic (exact) mass is 358 g/mol. The number of nitrogens with zero attached hydrogens (tertiary/aromatic N) is 1. The van der Waals surface area contributed by atoms with Crippen molar-refractivity contribution >= 4 is 29.1 Å². The van der Waals surface area contributed by atoms with Gasteiger partial charge in [0, 0.05) is 26.1 Å². The van der Waals surface area contributed by atoms with E-state index in [4.69, 9.17) is 11.6 Å². The van der Waals surface area contributed by atoms with Crippen molar-refractivity contribution in [1.82, 2.24) is 4.90 Å². The Kier molecular flexibility index (Phi) is 6.21. The number of amides is 2. The zero-order valence-electron chi connectivity index (χ0n) is 15.0. The molecule has 0 aromatic heterocycles. The molecule has 25 heavy (non-hydrogen) atoms. The van der Waals surface area contributed by atoms with Gasteiger partial charge in [0.1, 0.15) is 0 Å². The summed E-state index contributed by atoms with van der Waals surface area (Å²) in [5.41, 5.74) is 4.33. The van der Waals surface area contributed by atoms with E-state index >= 15 is 0 Å². The molecule has 2 amide bonds. The van der Waals surface area contributed by atoms with Crippen molar-refractivity contribution in [3.63, 3.8) is 0 Å². The first-order chi connectivity index (χ1) is 11.8. The van der Waals surface area contributed by atoms with Crippen molar-refractivity contribution in [3.8, 4) is 0 Å². The van der Waals surface area contributed by atoms with E-state index in [0.717, 1.165) is 16.7 Å². The Morgan fingerprint density at radius 1 is 1.08 bits per heavy atom. The van der Waals surface area contributed by atoms with Crippen LogP contribution < -0.4 is 5.32 Å². The minimum Gasteiger partial charge on any atom is -0.345 e. The van der Waals surface area contributed by atoms with Gasteiger partial charge in [0.15, 0.2) is 0 Å². The Morgan fingerprint density at radius 2 is 1.72 bits per heavy atom. The average Bonchev–Trinajstić information content (AvgIpc) is 2.56. The Bertz CT molecular complexity index is 760. The molecule has 0 aliphatic carbocycles. The van der Waals surface area contributed by atoms with Crippen LogP contribution in [0.2, 0.25) is 5.02 Å². The molecular formula is C20H23ClN2O2. The van der Waals surface area contributed by atoms with Gasteiger partial charge in [-0.15, -0.1) is 0 Å². The number of carbonyl (C=O) groups excluding carboxylic acids is 2. The molecule has 4 nitrogen and oxygen atoms in total. The van der Waals surface area contributed by atoms with Gasteiger partial charge in [-0.2, -0.15) is 0 Å². The maximum Gasteiger partial charge on any atom is 0.253 e.